The molecular formula is C14H19NO4. The van der Waals surface area contributed by atoms with E-state index < -0.39 is 12.0 Å². The first-order valence-electron chi connectivity index (χ1n) is 6.45. The molecule has 2 atom stereocenters. The van der Waals surface area contributed by atoms with Crippen LogP contribution >= 0.6 is 0 Å². The number of benzene rings is 1. The quantitative estimate of drug-likeness (QED) is 0.721. The van der Waals surface area contributed by atoms with E-state index in [1.54, 1.807) is 0 Å². The van der Waals surface area contributed by atoms with Gasteiger partial charge in [-0.1, -0.05) is 30.3 Å². The predicted octanol–water partition coefficient (Wildman–Crippen LogP) is 1.03. The molecule has 104 valence electrons. The smallest absolute Gasteiger partial charge is 0.320 e. The maximum atomic E-state index is 10.7. The van der Waals surface area contributed by atoms with Crippen LogP contribution in [0.4, 0.5) is 0 Å². The van der Waals surface area contributed by atoms with E-state index >= 15 is 0 Å². The number of hydrogen-bond acceptors (Lipinski definition) is 4. The average Bonchev–Trinajstić information content (AvgIpc) is 2.89. The summed E-state index contributed by atoms with van der Waals surface area (Å²) in [5.41, 5.74) is 1.14. The van der Waals surface area contributed by atoms with Gasteiger partial charge in [0.05, 0.1) is 25.9 Å². The molecule has 0 spiro atoms. The second-order valence-electron chi connectivity index (χ2n) is 4.57. The first-order chi connectivity index (χ1) is 9.25. The molecule has 2 rings (SSSR count). The van der Waals surface area contributed by atoms with Crippen molar-refractivity contribution < 1.29 is 19.4 Å². The number of carbonyl (C=O) groups is 1. The summed E-state index contributed by atoms with van der Waals surface area (Å²) in [5.74, 6) is -0.813. The number of carboxylic acid groups (broad SMARTS) is 1. The Bertz CT molecular complexity index is 396. The molecule has 1 aromatic carbocycles. The van der Waals surface area contributed by atoms with Crippen LogP contribution in [0.1, 0.15) is 12.0 Å². The van der Waals surface area contributed by atoms with E-state index in [1.165, 1.54) is 0 Å². The van der Waals surface area contributed by atoms with Crippen molar-refractivity contribution in [1.29, 1.82) is 0 Å². The molecule has 5 heteroatoms. The molecule has 0 unspecified atom stereocenters. The minimum Gasteiger partial charge on any atom is -0.480 e. The summed E-state index contributed by atoms with van der Waals surface area (Å²) < 4.78 is 11.1. The lowest BCUT2D eigenvalue weighted by Crippen LogP contribution is -2.29. The van der Waals surface area contributed by atoms with Crippen molar-refractivity contribution in [3.63, 3.8) is 0 Å². The van der Waals surface area contributed by atoms with Crippen LogP contribution in [0.15, 0.2) is 30.3 Å². The first kappa shape index (κ1) is 14.0. The Morgan fingerprint density at radius 3 is 2.79 bits per heavy atom. The predicted molar refractivity (Wildman–Crippen MR) is 69.9 cm³/mol. The molecule has 0 amide bonds. The van der Waals surface area contributed by atoms with E-state index in [9.17, 15) is 4.79 Å². The van der Waals surface area contributed by atoms with Crippen molar-refractivity contribution >= 4 is 5.97 Å². The summed E-state index contributed by atoms with van der Waals surface area (Å²) in [7, 11) is 0. The van der Waals surface area contributed by atoms with Crippen LogP contribution in [0.25, 0.3) is 0 Å². The zero-order valence-corrected chi connectivity index (χ0v) is 10.7. The minimum atomic E-state index is -0.813. The van der Waals surface area contributed by atoms with Gasteiger partial charge in [-0.15, -0.1) is 0 Å². The molecule has 1 fully saturated rings. The van der Waals surface area contributed by atoms with Crippen LogP contribution in [0, 0.1) is 0 Å². The molecule has 0 aliphatic carbocycles. The number of nitrogens with one attached hydrogen (secondary N) is 1. The molecule has 0 saturated carbocycles. The zero-order valence-electron chi connectivity index (χ0n) is 10.7. The highest BCUT2D eigenvalue weighted by Crippen LogP contribution is 2.10. The highest BCUT2D eigenvalue weighted by molar-refractivity contribution is 5.73. The van der Waals surface area contributed by atoms with Crippen molar-refractivity contribution in [2.75, 3.05) is 19.8 Å². The van der Waals surface area contributed by atoms with Gasteiger partial charge in [-0.3, -0.25) is 4.79 Å². The van der Waals surface area contributed by atoms with Gasteiger partial charge in [0.1, 0.15) is 6.04 Å². The Balaban J connectivity index is 1.54. The van der Waals surface area contributed by atoms with Gasteiger partial charge in [-0.05, 0) is 5.56 Å². The van der Waals surface area contributed by atoms with Gasteiger partial charge in [-0.25, -0.2) is 0 Å². The Labute approximate surface area is 112 Å². The number of aliphatic carboxylic acids is 1. The van der Waals surface area contributed by atoms with E-state index in [0.717, 1.165) is 5.56 Å². The van der Waals surface area contributed by atoms with E-state index in [1.807, 2.05) is 30.3 Å². The second-order valence-corrected chi connectivity index (χ2v) is 4.57. The van der Waals surface area contributed by atoms with Gasteiger partial charge in [0.15, 0.2) is 0 Å². The lowest BCUT2D eigenvalue weighted by atomic mass is 10.2. The molecule has 1 saturated heterocycles. The van der Waals surface area contributed by atoms with Crippen LogP contribution in [0.3, 0.4) is 0 Å². The monoisotopic (exact) mass is 265 g/mol. The summed E-state index contributed by atoms with van der Waals surface area (Å²) in [6.45, 7) is 2.18. The fourth-order valence-electron chi connectivity index (χ4n) is 2.06. The number of ether oxygens (including phenoxy) is 2. The molecule has 0 bridgehead atoms. The Morgan fingerprint density at radius 1 is 1.32 bits per heavy atom. The molecule has 1 aliphatic rings. The average molecular weight is 265 g/mol. The van der Waals surface area contributed by atoms with E-state index in [2.05, 4.69) is 5.32 Å². The standard InChI is InChI=1S/C14H19NO4/c16-14(17)13-8-12(9-15-13)19-7-6-18-10-11-4-2-1-3-5-11/h1-5,12-13,15H,6-10H2,(H,16,17)/t12-,13+/m1/s1. The third-order valence-corrected chi connectivity index (χ3v) is 3.08. The molecule has 5 nitrogen and oxygen atoms in total. The van der Waals surface area contributed by atoms with Crippen LogP contribution < -0.4 is 5.32 Å². The van der Waals surface area contributed by atoms with Crippen molar-refractivity contribution in [2.45, 2.75) is 25.2 Å². The molecular weight excluding hydrogens is 246 g/mol. The van der Waals surface area contributed by atoms with E-state index in [-0.39, 0.29) is 6.10 Å². The normalized spacial score (nSPS) is 22.5. The van der Waals surface area contributed by atoms with Gasteiger partial charge < -0.3 is 19.9 Å². The summed E-state index contributed by atoms with van der Waals surface area (Å²) in [6.07, 6.45) is 0.495. The maximum absolute atomic E-state index is 10.7. The third kappa shape index (κ3) is 4.63. The molecule has 19 heavy (non-hydrogen) atoms. The Morgan fingerprint density at radius 2 is 2.11 bits per heavy atom. The molecule has 1 aromatic rings. The summed E-state index contributed by atoms with van der Waals surface area (Å²) >= 11 is 0. The lowest BCUT2D eigenvalue weighted by Gasteiger charge is -2.10. The highest BCUT2D eigenvalue weighted by Gasteiger charge is 2.29. The van der Waals surface area contributed by atoms with Crippen molar-refractivity contribution in [3.8, 4) is 0 Å². The van der Waals surface area contributed by atoms with Crippen molar-refractivity contribution in [1.82, 2.24) is 5.32 Å². The Kier molecular flexibility index (Phi) is 5.32. The summed E-state index contributed by atoms with van der Waals surface area (Å²) in [5, 5.41) is 11.7. The number of hydrogen-bond donors (Lipinski definition) is 2. The summed E-state index contributed by atoms with van der Waals surface area (Å²) in [4.78, 5) is 10.7. The Hall–Kier alpha value is -1.43. The fraction of sp³-hybridized carbons (Fsp3) is 0.500. The lowest BCUT2D eigenvalue weighted by molar-refractivity contribution is -0.139. The maximum Gasteiger partial charge on any atom is 0.320 e. The number of carboxylic acids is 1. The molecule has 1 heterocycles. The molecule has 2 N–H and O–H groups in total. The fourth-order valence-corrected chi connectivity index (χ4v) is 2.06. The molecule has 1 aliphatic heterocycles. The second kappa shape index (κ2) is 7.23. The van der Waals surface area contributed by atoms with Crippen molar-refractivity contribution in [2.24, 2.45) is 0 Å². The van der Waals surface area contributed by atoms with E-state index in [4.69, 9.17) is 14.6 Å². The minimum absolute atomic E-state index is 0.0265. The highest BCUT2D eigenvalue weighted by atomic mass is 16.5. The van der Waals surface area contributed by atoms with Gasteiger partial charge in [0, 0.05) is 13.0 Å². The molecule has 0 radical (unpaired) electrons. The van der Waals surface area contributed by atoms with Crippen LogP contribution in [0.2, 0.25) is 0 Å². The van der Waals surface area contributed by atoms with E-state index in [0.29, 0.717) is 32.8 Å². The SMILES string of the molecule is O=C(O)[C@@H]1C[C@@H](OCCOCc2ccccc2)CN1. The van der Waals surface area contributed by atoms with Gasteiger partial charge in [0.25, 0.3) is 0 Å². The van der Waals surface area contributed by atoms with Crippen LogP contribution in [0.5, 0.6) is 0 Å². The van der Waals surface area contributed by atoms with Gasteiger partial charge >= 0.3 is 5.97 Å². The third-order valence-electron chi connectivity index (χ3n) is 3.08. The zero-order chi connectivity index (χ0) is 13.5. The first-order valence-corrected chi connectivity index (χ1v) is 6.45. The number of rotatable bonds is 7. The largest absolute Gasteiger partial charge is 0.480 e. The van der Waals surface area contributed by atoms with Gasteiger partial charge in [0.2, 0.25) is 0 Å². The van der Waals surface area contributed by atoms with Crippen LogP contribution in [-0.2, 0) is 20.9 Å². The topological polar surface area (TPSA) is 67.8 Å². The van der Waals surface area contributed by atoms with Crippen molar-refractivity contribution in [3.05, 3.63) is 35.9 Å². The van der Waals surface area contributed by atoms with Crippen LogP contribution in [-0.4, -0.2) is 43.0 Å². The summed E-state index contributed by atoms with van der Waals surface area (Å²) in [6, 6.07) is 9.48. The molecule has 0 aromatic heterocycles. The van der Waals surface area contributed by atoms with Gasteiger partial charge in [-0.2, -0.15) is 0 Å².